The van der Waals surface area contributed by atoms with Gasteiger partial charge in [0.25, 0.3) is 15.9 Å². The zero-order valence-electron chi connectivity index (χ0n) is 13.8. The zero-order chi connectivity index (χ0) is 18.9. The Morgan fingerprint density at radius 1 is 1.15 bits per heavy atom. The number of hydrogen-bond acceptors (Lipinski definition) is 6. The molecule has 9 heteroatoms. The summed E-state index contributed by atoms with van der Waals surface area (Å²) in [6, 6.07) is 11.8. The van der Waals surface area contributed by atoms with E-state index in [9.17, 15) is 18.0 Å². The molecular formula is C17H16N2O6S. The van der Waals surface area contributed by atoms with Gasteiger partial charge in [-0.1, -0.05) is 12.1 Å². The van der Waals surface area contributed by atoms with Crippen LogP contribution in [-0.4, -0.2) is 40.1 Å². The second-order valence-corrected chi connectivity index (χ2v) is 7.39. The van der Waals surface area contributed by atoms with Gasteiger partial charge >= 0.3 is 5.97 Å². The number of amides is 1. The van der Waals surface area contributed by atoms with Gasteiger partial charge in [-0.05, 0) is 36.4 Å². The third-order valence-corrected chi connectivity index (χ3v) is 5.71. The molecule has 2 aromatic carbocycles. The van der Waals surface area contributed by atoms with Crippen molar-refractivity contribution >= 4 is 27.6 Å². The van der Waals surface area contributed by atoms with Crippen LogP contribution in [0.5, 0.6) is 5.75 Å². The van der Waals surface area contributed by atoms with E-state index < -0.39 is 28.0 Å². The van der Waals surface area contributed by atoms with Gasteiger partial charge in [0.1, 0.15) is 5.75 Å². The number of carbonyl (C=O) groups excluding carboxylic acids is 2. The highest BCUT2D eigenvalue weighted by atomic mass is 32.2. The molecule has 0 aliphatic carbocycles. The summed E-state index contributed by atoms with van der Waals surface area (Å²) in [5.41, 5.74) is 5.83. The Balaban J connectivity index is 2.03. The van der Waals surface area contributed by atoms with E-state index in [-0.39, 0.29) is 22.8 Å². The molecule has 8 nitrogen and oxygen atoms in total. The second kappa shape index (κ2) is 6.68. The Morgan fingerprint density at radius 2 is 1.81 bits per heavy atom. The molecule has 0 saturated carbocycles. The van der Waals surface area contributed by atoms with Crippen LogP contribution >= 0.6 is 0 Å². The maximum atomic E-state index is 13.1. The van der Waals surface area contributed by atoms with E-state index in [2.05, 4.69) is 4.74 Å². The van der Waals surface area contributed by atoms with Crippen molar-refractivity contribution in [3.63, 3.8) is 0 Å². The van der Waals surface area contributed by atoms with Crippen LogP contribution in [0, 0.1) is 0 Å². The molecule has 1 aliphatic heterocycles. The summed E-state index contributed by atoms with van der Waals surface area (Å²) < 4.78 is 37.3. The second-order valence-electron chi connectivity index (χ2n) is 5.53. The topological polar surface area (TPSA) is 116 Å². The van der Waals surface area contributed by atoms with Crippen LogP contribution in [0.3, 0.4) is 0 Å². The van der Waals surface area contributed by atoms with Crippen LogP contribution in [0.2, 0.25) is 0 Å². The Bertz CT molecular complexity index is 955. The van der Waals surface area contributed by atoms with Crippen LogP contribution < -0.4 is 14.8 Å². The molecule has 0 bridgehead atoms. The van der Waals surface area contributed by atoms with Gasteiger partial charge in [0.2, 0.25) is 0 Å². The van der Waals surface area contributed by atoms with E-state index in [1.165, 1.54) is 31.4 Å². The SMILES string of the molecule is COC(=O)c1ccc(S(=O)(=O)N2CC(C(N)=O)Oc3ccccc32)cc1. The minimum Gasteiger partial charge on any atom is -0.476 e. The first-order valence-corrected chi connectivity index (χ1v) is 9.04. The molecule has 3 rings (SSSR count). The summed E-state index contributed by atoms with van der Waals surface area (Å²) in [6.45, 7) is -0.243. The van der Waals surface area contributed by atoms with Crippen LogP contribution in [-0.2, 0) is 19.6 Å². The van der Waals surface area contributed by atoms with Crippen molar-refractivity contribution < 1.29 is 27.5 Å². The summed E-state index contributed by atoms with van der Waals surface area (Å²) >= 11 is 0. The minimum atomic E-state index is -4.00. The fraction of sp³-hybridized carbons (Fsp3) is 0.176. The number of nitrogens with two attached hydrogens (primary N) is 1. The Labute approximate surface area is 150 Å². The molecule has 0 saturated heterocycles. The highest BCUT2D eigenvalue weighted by molar-refractivity contribution is 7.92. The van der Waals surface area contributed by atoms with Crippen LogP contribution in [0.1, 0.15) is 10.4 Å². The zero-order valence-corrected chi connectivity index (χ0v) is 14.6. The molecule has 0 spiro atoms. The number of esters is 1. The maximum absolute atomic E-state index is 13.1. The molecule has 2 aromatic rings. The van der Waals surface area contributed by atoms with Crippen LogP contribution in [0.25, 0.3) is 0 Å². The summed E-state index contributed by atoms with van der Waals surface area (Å²) in [5.74, 6) is -1.09. The fourth-order valence-corrected chi connectivity index (χ4v) is 4.06. The average molecular weight is 376 g/mol. The van der Waals surface area contributed by atoms with Gasteiger partial charge in [-0.15, -0.1) is 0 Å². The van der Waals surface area contributed by atoms with E-state index in [4.69, 9.17) is 10.5 Å². The highest BCUT2D eigenvalue weighted by Gasteiger charge is 2.36. The number of fused-ring (bicyclic) bond motifs is 1. The van der Waals surface area contributed by atoms with Gasteiger partial charge in [-0.25, -0.2) is 13.2 Å². The summed E-state index contributed by atoms with van der Waals surface area (Å²) in [4.78, 5) is 23.0. The van der Waals surface area contributed by atoms with Gasteiger partial charge in [0, 0.05) is 0 Å². The summed E-state index contributed by atoms with van der Waals surface area (Å²) in [5, 5.41) is 0. The van der Waals surface area contributed by atoms with Gasteiger partial charge in [0.05, 0.1) is 29.8 Å². The van der Waals surface area contributed by atoms with Crippen molar-refractivity contribution in [1.29, 1.82) is 0 Å². The van der Waals surface area contributed by atoms with Crippen molar-refractivity contribution in [3.8, 4) is 5.75 Å². The number of ether oxygens (including phenoxy) is 2. The number of hydrogen-bond donors (Lipinski definition) is 1. The smallest absolute Gasteiger partial charge is 0.337 e. The van der Waals surface area contributed by atoms with Crippen molar-refractivity contribution in [2.24, 2.45) is 5.73 Å². The highest BCUT2D eigenvalue weighted by Crippen LogP contribution is 2.36. The molecule has 1 atom stereocenters. The van der Waals surface area contributed by atoms with Crippen molar-refractivity contribution in [3.05, 3.63) is 54.1 Å². The van der Waals surface area contributed by atoms with Gasteiger partial charge < -0.3 is 15.2 Å². The predicted molar refractivity (Wildman–Crippen MR) is 92.4 cm³/mol. The van der Waals surface area contributed by atoms with E-state index in [1.807, 2.05) is 0 Å². The number of primary amides is 1. The van der Waals surface area contributed by atoms with Crippen LogP contribution in [0.15, 0.2) is 53.4 Å². The molecule has 0 aromatic heterocycles. The third-order valence-electron chi connectivity index (χ3n) is 3.92. The number of methoxy groups -OCH3 is 1. The number of para-hydroxylation sites is 2. The number of carbonyl (C=O) groups is 2. The van der Waals surface area contributed by atoms with Crippen molar-refractivity contribution in [2.45, 2.75) is 11.0 Å². The summed E-state index contributed by atoms with van der Waals surface area (Å²) in [6.07, 6.45) is -1.10. The molecule has 2 N–H and O–H groups in total. The standard InChI is InChI=1S/C17H16N2O6S/c1-24-17(21)11-6-8-12(9-7-11)26(22,23)19-10-15(16(18)20)25-14-5-3-2-4-13(14)19/h2-9,15H,10H2,1H3,(H2,18,20). The van der Waals surface area contributed by atoms with Crippen molar-refractivity contribution in [1.82, 2.24) is 0 Å². The fourth-order valence-electron chi connectivity index (χ4n) is 2.59. The van der Waals surface area contributed by atoms with Gasteiger partial charge in [0.15, 0.2) is 6.10 Å². The molecule has 1 aliphatic rings. The number of sulfonamides is 1. The average Bonchev–Trinajstić information content (AvgIpc) is 2.66. The first-order valence-electron chi connectivity index (χ1n) is 7.60. The third kappa shape index (κ3) is 3.08. The maximum Gasteiger partial charge on any atom is 0.337 e. The predicted octanol–water partition coefficient (Wildman–Crippen LogP) is 0.915. The monoisotopic (exact) mass is 376 g/mol. The van der Waals surface area contributed by atoms with E-state index >= 15 is 0 Å². The van der Waals surface area contributed by atoms with E-state index in [1.54, 1.807) is 24.3 Å². The van der Waals surface area contributed by atoms with Crippen molar-refractivity contribution in [2.75, 3.05) is 18.0 Å². The lowest BCUT2D eigenvalue weighted by Crippen LogP contribution is -2.49. The number of anilines is 1. The molecule has 1 amide bonds. The largest absolute Gasteiger partial charge is 0.476 e. The Morgan fingerprint density at radius 3 is 2.42 bits per heavy atom. The minimum absolute atomic E-state index is 0.0370. The molecular weight excluding hydrogens is 360 g/mol. The molecule has 1 unspecified atom stereocenters. The summed E-state index contributed by atoms with van der Waals surface area (Å²) in [7, 11) is -2.76. The molecule has 0 radical (unpaired) electrons. The van der Waals surface area contributed by atoms with E-state index in [0.29, 0.717) is 5.69 Å². The molecule has 0 fully saturated rings. The number of rotatable bonds is 4. The molecule has 26 heavy (non-hydrogen) atoms. The lowest BCUT2D eigenvalue weighted by Gasteiger charge is -2.34. The number of benzene rings is 2. The Hall–Kier alpha value is -3.07. The van der Waals surface area contributed by atoms with Gasteiger partial charge in [-0.2, -0.15) is 0 Å². The quantitative estimate of drug-likeness (QED) is 0.793. The first kappa shape index (κ1) is 17.7. The van der Waals surface area contributed by atoms with Gasteiger partial charge in [-0.3, -0.25) is 9.10 Å². The first-order chi connectivity index (χ1) is 12.3. The lowest BCUT2D eigenvalue weighted by molar-refractivity contribution is -0.124. The lowest BCUT2D eigenvalue weighted by atomic mass is 10.2. The Kier molecular flexibility index (Phi) is 4.56. The number of nitrogens with zero attached hydrogens (tertiary/aromatic N) is 1. The van der Waals surface area contributed by atoms with E-state index in [0.717, 1.165) is 4.31 Å². The molecule has 136 valence electrons. The normalized spacial score (nSPS) is 16.3. The molecule has 1 heterocycles. The van der Waals surface area contributed by atoms with Crippen LogP contribution in [0.4, 0.5) is 5.69 Å².